The van der Waals surface area contributed by atoms with Gasteiger partial charge in [-0.3, -0.25) is 9.69 Å². The van der Waals surface area contributed by atoms with E-state index in [9.17, 15) is 22.4 Å². The molecule has 10 heteroatoms. The molecule has 3 aromatic rings. The molecule has 6 nitrogen and oxygen atoms in total. The molecule has 2 heterocycles. The second-order valence-electron chi connectivity index (χ2n) is 7.64. The number of piperidine rings is 1. The van der Waals surface area contributed by atoms with E-state index < -0.39 is 11.7 Å². The van der Waals surface area contributed by atoms with Gasteiger partial charge in [0, 0.05) is 17.2 Å². The van der Waals surface area contributed by atoms with Crippen LogP contribution in [-0.4, -0.2) is 34.0 Å². The van der Waals surface area contributed by atoms with E-state index >= 15 is 0 Å². The van der Waals surface area contributed by atoms with Gasteiger partial charge in [-0.05, 0) is 68.4 Å². The first-order valence-corrected chi connectivity index (χ1v) is 10.1. The molecule has 32 heavy (non-hydrogen) atoms. The van der Waals surface area contributed by atoms with Gasteiger partial charge >= 0.3 is 6.18 Å². The summed E-state index contributed by atoms with van der Waals surface area (Å²) in [6.45, 7) is 1.66. The topological polar surface area (TPSA) is 71.3 Å². The van der Waals surface area contributed by atoms with Crippen molar-refractivity contribution in [2.45, 2.75) is 25.6 Å². The molecule has 1 aliphatic rings. The number of benzene rings is 2. The zero-order valence-electron chi connectivity index (χ0n) is 16.9. The maximum Gasteiger partial charge on any atom is 0.416 e. The number of hydrogen-bond acceptors (Lipinski definition) is 5. The summed E-state index contributed by atoms with van der Waals surface area (Å²) >= 11 is 0. The smallest absolute Gasteiger partial charge is 0.334 e. The molecule has 1 saturated heterocycles. The third kappa shape index (κ3) is 5.31. The van der Waals surface area contributed by atoms with Crippen molar-refractivity contribution in [2.24, 2.45) is 5.92 Å². The van der Waals surface area contributed by atoms with Crippen molar-refractivity contribution in [1.82, 2.24) is 15.0 Å². The van der Waals surface area contributed by atoms with Gasteiger partial charge in [0.15, 0.2) is 5.82 Å². The minimum atomic E-state index is -4.46. The summed E-state index contributed by atoms with van der Waals surface area (Å²) in [5, 5.41) is 6.54. The number of carbonyl (C=O) groups is 1. The monoisotopic (exact) mass is 448 g/mol. The van der Waals surface area contributed by atoms with Crippen LogP contribution in [0.5, 0.6) is 0 Å². The zero-order valence-corrected chi connectivity index (χ0v) is 16.9. The molecule has 1 fully saturated rings. The van der Waals surface area contributed by atoms with Crippen LogP contribution in [0.4, 0.5) is 23.2 Å². The number of carbonyl (C=O) groups excluding carboxylic acids is 1. The Kier molecular flexibility index (Phi) is 6.22. The molecule has 1 amide bonds. The molecule has 0 saturated carbocycles. The number of likely N-dealkylation sites (tertiary alicyclic amines) is 1. The second kappa shape index (κ2) is 9.07. The van der Waals surface area contributed by atoms with Crippen LogP contribution >= 0.6 is 0 Å². The number of nitrogens with one attached hydrogen (secondary N) is 1. The van der Waals surface area contributed by atoms with E-state index in [0.29, 0.717) is 49.8 Å². The minimum Gasteiger partial charge on any atom is -0.334 e. The summed E-state index contributed by atoms with van der Waals surface area (Å²) in [4.78, 5) is 18.9. The standard InChI is InChI=1S/C22H20F4N4O2/c23-17-6-4-15(5-7-17)21-28-19(29-32-21)13-30-10-8-14(9-11-30)20(31)27-18-3-1-2-16(12-18)22(24,25)26/h1-7,12,14H,8-11,13H2,(H,27,31). The molecular formula is C22H20F4N4O2. The highest BCUT2D eigenvalue weighted by atomic mass is 19.4. The molecule has 0 spiro atoms. The number of anilines is 1. The van der Waals surface area contributed by atoms with Gasteiger partial charge in [-0.2, -0.15) is 18.2 Å². The molecule has 1 aliphatic heterocycles. The molecule has 0 unspecified atom stereocenters. The van der Waals surface area contributed by atoms with Crippen LogP contribution < -0.4 is 5.32 Å². The van der Waals surface area contributed by atoms with E-state index in [1.54, 1.807) is 12.1 Å². The lowest BCUT2D eigenvalue weighted by Crippen LogP contribution is -2.38. The number of rotatable bonds is 5. The average molecular weight is 448 g/mol. The molecule has 4 rings (SSSR count). The molecule has 0 aliphatic carbocycles. The SMILES string of the molecule is O=C(Nc1cccc(C(F)(F)F)c1)C1CCN(Cc2noc(-c3ccc(F)cc3)n2)CC1. The van der Waals surface area contributed by atoms with Gasteiger partial charge < -0.3 is 9.84 Å². The van der Waals surface area contributed by atoms with Gasteiger partial charge in [-0.1, -0.05) is 11.2 Å². The number of amides is 1. The highest BCUT2D eigenvalue weighted by Crippen LogP contribution is 2.31. The van der Waals surface area contributed by atoms with Crippen LogP contribution in [0, 0.1) is 11.7 Å². The summed E-state index contributed by atoms with van der Waals surface area (Å²) < 4.78 is 56.8. The lowest BCUT2D eigenvalue weighted by molar-refractivity contribution is -0.137. The fourth-order valence-corrected chi connectivity index (χ4v) is 3.60. The van der Waals surface area contributed by atoms with Crippen molar-refractivity contribution in [3.63, 3.8) is 0 Å². The number of halogens is 4. The highest BCUT2D eigenvalue weighted by molar-refractivity contribution is 5.92. The van der Waals surface area contributed by atoms with Crippen LogP contribution in [0.3, 0.4) is 0 Å². The summed E-state index contributed by atoms with van der Waals surface area (Å²) in [7, 11) is 0. The molecule has 0 atom stereocenters. The molecule has 0 bridgehead atoms. The van der Waals surface area contributed by atoms with Gasteiger partial charge in [0.25, 0.3) is 5.89 Å². The van der Waals surface area contributed by atoms with E-state index in [4.69, 9.17) is 4.52 Å². The van der Waals surface area contributed by atoms with Gasteiger partial charge in [0.1, 0.15) is 5.82 Å². The predicted molar refractivity (Wildman–Crippen MR) is 108 cm³/mol. The fraction of sp³-hybridized carbons (Fsp3) is 0.318. The van der Waals surface area contributed by atoms with E-state index in [1.165, 1.54) is 24.3 Å². The van der Waals surface area contributed by atoms with Crippen molar-refractivity contribution in [1.29, 1.82) is 0 Å². The van der Waals surface area contributed by atoms with Gasteiger partial charge in [-0.25, -0.2) is 4.39 Å². The molecule has 0 radical (unpaired) electrons. The normalized spacial score (nSPS) is 15.6. The van der Waals surface area contributed by atoms with Crippen molar-refractivity contribution in [3.8, 4) is 11.5 Å². The Morgan fingerprint density at radius 1 is 1.12 bits per heavy atom. The molecular weight excluding hydrogens is 428 g/mol. The number of aromatic nitrogens is 2. The Bertz CT molecular complexity index is 1070. The molecule has 168 valence electrons. The largest absolute Gasteiger partial charge is 0.416 e. The van der Waals surface area contributed by atoms with Crippen LogP contribution in [0.15, 0.2) is 53.1 Å². The van der Waals surface area contributed by atoms with Crippen LogP contribution in [0.1, 0.15) is 24.2 Å². The summed E-state index contributed by atoms with van der Waals surface area (Å²) in [5.74, 6) is -0.150. The van der Waals surface area contributed by atoms with Gasteiger partial charge in [0.2, 0.25) is 5.91 Å². The van der Waals surface area contributed by atoms with Crippen molar-refractivity contribution < 1.29 is 26.9 Å². The van der Waals surface area contributed by atoms with Crippen LogP contribution in [-0.2, 0) is 17.5 Å². The van der Waals surface area contributed by atoms with Crippen molar-refractivity contribution >= 4 is 11.6 Å². The molecule has 1 N–H and O–H groups in total. The molecule has 1 aromatic heterocycles. The first-order valence-electron chi connectivity index (χ1n) is 10.1. The quantitative estimate of drug-likeness (QED) is 0.571. The first kappa shape index (κ1) is 21.9. The summed E-state index contributed by atoms with van der Waals surface area (Å²) in [6, 6.07) is 10.4. The Morgan fingerprint density at radius 2 is 1.84 bits per heavy atom. The molecule has 2 aromatic carbocycles. The van der Waals surface area contributed by atoms with Gasteiger partial charge in [-0.15, -0.1) is 0 Å². The lowest BCUT2D eigenvalue weighted by Gasteiger charge is -2.30. The minimum absolute atomic E-state index is 0.132. The second-order valence-corrected chi connectivity index (χ2v) is 7.64. The van der Waals surface area contributed by atoms with Crippen molar-refractivity contribution in [2.75, 3.05) is 18.4 Å². The Balaban J connectivity index is 1.29. The van der Waals surface area contributed by atoms with E-state index in [-0.39, 0.29) is 23.3 Å². The zero-order chi connectivity index (χ0) is 22.7. The predicted octanol–water partition coefficient (Wildman–Crippen LogP) is 4.75. The maximum absolute atomic E-state index is 13.0. The fourth-order valence-electron chi connectivity index (χ4n) is 3.60. The van der Waals surface area contributed by atoms with Crippen LogP contribution in [0.2, 0.25) is 0 Å². The van der Waals surface area contributed by atoms with E-state index in [1.807, 2.05) is 0 Å². The van der Waals surface area contributed by atoms with Gasteiger partial charge in [0.05, 0.1) is 12.1 Å². The Morgan fingerprint density at radius 3 is 2.53 bits per heavy atom. The van der Waals surface area contributed by atoms with E-state index in [0.717, 1.165) is 12.1 Å². The third-order valence-corrected chi connectivity index (χ3v) is 5.34. The maximum atomic E-state index is 13.0. The summed E-state index contributed by atoms with van der Waals surface area (Å²) in [6.07, 6.45) is -3.33. The Hall–Kier alpha value is -3.27. The lowest BCUT2D eigenvalue weighted by atomic mass is 9.95. The Labute approximate surface area is 181 Å². The van der Waals surface area contributed by atoms with E-state index in [2.05, 4.69) is 20.4 Å². The number of nitrogens with zero attached hydrogens (tertiary/aromatic N) is 3. The number of alkyl halides is 3. The highest BCUT2D eigenvalue weighted by Gasteiger charge is 2.31. The summed E-state index contributed by atoms with van der Waals surface area (Å²) in [5.41, 5.74) is -0.0484. The average Bonchev–Trinajstić information content (AvgIpc) is 3.23. The van der Waals surface area contributed by atoms with Crippen molar-refractivity contribution in [3.05, 3.63) is 65.7 Å². The first-order chi connectivity index (χ1) is 15.3. The third-order valence-electron chi connectivity index (χ3n) is 5.34. The van der Waals surface area contributed by atoms with Crippen LogP contribution in [0.25, 0.3) is 11.5 Å². The number of hydrogen-bond donors (Lipinski definition) is 1.